The minimum atomic E-state index is -0.113. The van der Waals surface area contributed by atoms with E-state index in [9.17, 15) is 9.59 Å². The molecule has 5 rings (SSSR count). The lowest BCUT2D eigenvalue weighted by Gasteiger charge is -2.63. The number of esters is 1. The van der Waals surface area contributed by atoms with E-state index in [0.29, 0.717) is 39.3 Å². The lowest BCUT2D eigenvalue weighted by molar-refractivity contribution is -0.181. The van der Waals surface area contributed by atoms with Crippen LogP contribution in [0.4, 0.5) is 0 Å². The van der Waals surface area contributed by atoms with Gasteiger partial charge in [0.1, 0.15) is 11.9 Å². The van der Waals surface area contributed by atoms with E-state index in [-0.39, 0.29) is 23.4 Å². The normalized spacial score (nSPS) is 49.3. The van der Waals surface area contributed by atoms with Crippen molar-refractivity contribution in [3.8, 4) is 0 Å². The van der Waals surface area contributed by atoms with Crippen molar-refractivity contribution in [3.63, 3.8) is 0 Å². The second-order valence-corrected chi connectivity index (χ2v) is 15.6. The van der Waals surface area contributed by atoms with Gasteiger partial charge in [-0.25, -0.2) is 0 Å². The summed E-state index contributed by atoms with van der Waals surface area (Å²) in [6.07, 6.45) is 12.3. The zero-order chi connectivity index (χ0) is 26.5. The second-order valence-electron chi connectivity index (χ2n) is 15.6. The summed E-state index contributed by atoms with van der Waals surface area (Å²) in [6.45, 7) is 20.9. The van der Waals surface area contributed by atoms with Gasteiger partial charge in [-0.2, -0.15) is 0 Å². The smallest absolute Gasteiger partial charge is 0.302 e. The number of fused-ring (bicyclic) bond motifs is 2. The van der Waals surface area contributed by atoms with E-state index < -0.39 is 0 Å². The van der Waals surface area contributed by atoms with E-state index in [0.717, 1.165) is 37.0 Å². The van der Waals surface area contributed by atoms with Crippen LogP contribution in [-0.2, 0) is 14.3 Å². The van der Waals surface area contributed by atoms with Gasteiger partial charge in [-0.05, 0) is 109 Å². The molecule has 5 aliphatic carbocycles. The zero-order valence-corrected chi connectivity index (χ0v) is 24.8. The van der Waals surface area contributed by atoms with Crippen LogP contribution in [0.1, 0.15) is 127 Å². The molecule has 0 aromatic carbocycles. The average Bonchev–Trinajstić information content (AvgIpc) is 3.19. The molecule has 2 spiro atoms. The molecule has 36 heavy (non-hydrogen) atoms. The van der Waals surface area contributed by atoms with E-state index in [1.807, 2.05) is 13.8 Å². The summed E-state index contributed by atoms with van der Waals surface area (Å²) in [5.41, 5.74) is 1.81. The van der Waals surface area contributed by atoms with E-state index in [1.54, 1.807) is 6.92 Å². The van der Waals surface area contributed by atoms with E-state index in [1.165, 1.54) is 44.9 Å². The molecule has 3 heteroatoms. The SMILES string of the molecule is CC(=O)O[C@H]1CC[C@@]23C(CCC4[C@]5(C)CCC([C@H](C)CCC(=O)C(C)C)[C@@]5(C)CC[C@]42[C@@H]3C)C1(C)C. The largest absolute Gasteiger partial charge is 0.462 e. The number of carbonyl (C=O) groups excluding carboxylic acids is 2. The maximum Gasteiger partial charge on any atom is 0.302 e. The maximum absolute atomic E-state index is 12.4. The van der Waals surface area contributed by atoms with Gasteiger partial charge in [-0.15, -0.1) is 0 Å². The Kier molecular flexibility index (Phi) is 6.18. The van der Waals surface area contributed by atoms with Crippen LogP contribution in [0.15, 0.2) is 0 Å². The van der Waals surface area contributed by atoms with Crippen LogP contribution in [0, 0.1) is 62.6 Å². The fourth-order valence-electron chi connectivity index (χ4n) is 12.3. The first-order valence-corrected chi connectivity index (χ1v) is 15.4. The van der Waals surface area contributed by atoms with E-state index in [2.05, 4.69) is 41.5 Å². The van der Waals surface area contributed by atoms with Crippen LogP contribution >= 0.6 is 0 Å². The van der Waals surface area contributed by atoms with Gasteiger partial charge < -0.3 is 4.74 Å². The number of hydrogen-bond donors (Lipinski definition) is 0. The molecule has 0 bridgehead atoms. The monoisotopic (exact) mass is 498 g/mol. The predicted molar refractivity (Wildman–Crippen MR) is 145 cm³/mol. The van der Waals surface area contributed by atoms with Crippen molar-refractivity contribution < 1.29 is 14.3 Å². The lowest BCUT2D eigenvalue weighted by Crippen LogP contribution is -2.58. The van der Waals surface area contributed by atoms with Gasteiger partial charge in [0.15, 0.2) is 0 Å². The minimum absolute atomic E-state index is 0.0595. The third-order valence-electron chi connectivity index (χ3n) is 14.3. The van der Waals surface area contributed by atoms with Crippen LogP contribution in [0.2, 0.25) is 0 Å². The number of carbonyl (C=O) groups is 2. The molecule has 5 fully saturated rings. The second kappa shape index (κ2) is 8.32. The molecular formula is C33H54O3. The highest BCUT2D eigenvalue weighted by atomic mass is 16.5. The summed E-state index contributed by atoms with van der Waals surface area (Å²) in [4.78, 5) is 24.3. The number of Topliss-reactive ketones (excluding diaryl/α,β-unsaturated/α-hetero) is 1. The molecule has 0 radical (unpaired) electrons. The first-order valence-electron chi connectivity index (χ1n) is 15.4. The van der Waals surface area contributed by atoms with E-state index in [4.69, 9.17) is 4.74 Å². The van der Waals surface area contributed by atoms with Crippen LogP contribution in [0.5, 0.6) is 0 Å². The molecule has 0 heterocycles. The fourth-order valence-corrected chi connectivity index (χ4v) is 12.3. The van der Waals surface area contributed by atoms with Gasteiger partial charge in [0.25, 0.3) is 0 Å². The Morgan fingerprint density at radius 3 is 2.11 bits per heavy atom. The Hall–Kier alpha value is -0.860. The predicted octanol–water partition coefficient (Wildman–Crippen LogP) is 8.24. The van der Waals surface area contributed by atoms with Crippen molar-refractivity contribution in [1.82, 2.24) is 0 Å². The molecular weight excluding hydrogens is 444 g/mol. The summed E-state index contributed by atoms with van der Waals surface area (Å²) < 4.78 is 5.93. The molecule has 0 saturated heterocycles. The maximum atomic E-state index is 12.4. The van der Waals surface area contributed by atoms with Gasteiger partial charge in [0.2, 0.25) is 0 Å². The van der Waals surface area contributed by atoms with Crippen LogP contribution in [-0.4, -0.2) is 17.9 Å². The Balaban J connectivity index is 1.40. The number of hydrogen-bond acceptors (Lipinski definition) is 3. The topological polar surface area (TPSA) is 43.4 Å². The molecule has 5 aliphatic rings. The molecule has 0 aromatic heterocycles. The Bertz CT molecular complexity index is 920. The highest BCUT2D eigenvalue weighted by Crippen LogP contribution is 2.91. The molecule has 0 amide bonds. The number of rotatable bonds is 6. The first-order chi connectivity index (χ1) is 16.7. The van der Waals surface area contributed by atoms with E-state index >= 15 is 0 Å². The number of ketones is 1. The molecule has 3 nitrogen and oxygen atoms in total. The van der Waals surface area contributed by atoms with Crippen LogP contribution < -0.4 is 0 Å². The van der Waals surface area contributed by atoms with Crippen molar-refractivity contribution >= 4 is 11.8 Å². The molecule has 0 aliphatic heterocycles. The summed E-state index contributed by atoms with van der Waals surface area (Å²) in [7, 11) is 0. The van der Waals surface area contributed by atoms with Crippen LogP contribution in [0.25, 0.3) is 0 Å². The van der Waals surface area contributed by atoms with Gasteiger partial charge in [-0.3, -0.25) is 9.59 Å². The van der Waals surface area contributed by atoms with Crippen molar-refractivity contribution in [2.75, 3.05) is 0 Å². The molecule has 204 valence electrons. The molecule has 0 N–H and O–H groups in total. The minimum Gasteiger partial charge on any atom is -0.462 e. The van der Waals surface area contributed by atoms with Crippen molar-refractivity contribution in [2.24, 2.45) is 62.6 Å². The molecule has 3 unspecified atom stereocenters. The van der Waals surface area contributed by atoms with Gasteiger partial charge in [-0.1, -0.05) is 55.4 Å². The Labute approximate surface area is 221 Å². The first kappa shape index (κ1) is 26.7. The van der Waals surface area contributed by atoms with Crippen molar-refractivity contribution in [3.05, 3.63) is 0 Å². The van der Waals surface area contributed by atoms with Crippen LogP contribution in [0.3, 0.4) is 0 Å². The third-order valence-corrected chi connectivity index (χ3v) is 14.3. The van der Waals surface area contributed by atoms with Gasteiger partial charge >= 0.3 is 5.97 Å². The Morgan fingerprint density at radius 1 is 0.833 bits per heavy atom. The fraction of sp³-hybridized carbons (Fsp3) is 0.939. The summed E-state index contributed by atoms with van der Waals surface area (Å²) in [6, 6.07) is 0. The highest BCUT2D eigenvalue weighted by molar-refractivity contribution is 5.80. The average molecular weight is 499 g/mol. The molecule has 5 saturated carbocycles. The zero-order valence-electron chi connectivity index (χ0n) is 24.8. The quantitative estimate of drug-likeness (QED) is 0.346. The number of ether oxygens (including phenoxy) is 1. The standard InChI is InChI=1S/C33H54O3/c1-20(2)25(35)11-10-21(3)24-14-16-31(9)27-13-12-26-29(6,7)28(36-23(5)34)15-17-32(26)22(4)33(27,32)19-18-30(24,31)8/h20-22,24,26-28H,10-19H2,1-9H3/t21-,22-,24?,26?,27?,28+,30-,31+,32-,33+/m1/s1. The molecule has 0 aromatic rings. The summed E-state index contributed by atoms with van der Waals surface area (Å²) in [5.74, 6) is 4.16. The summed E-state index contributed by atoms with van der Waals surface area (Å²) >= 11 is 0. The van der Waals surface area contributed by atoms with Gasteiger partial charge in [0, 0.05) is 24.7 Å². The molecule has 10 atom stereocenters. The highest BCUT2D eigenvalue weighted by Gasteiger charge is 2.86. The summed E-state index contributed by atoms with van der Waals surface area (Å²) in [5, 5.41) is 0. The lowest BCUT2D eigenvalue weighted by atomic mass is 9.41. The van der Waals surface area contributed by atoms with Crippen molar-refractivity contribution in [1.29, 1.82) is 0 Å². The third kappa shape index (κ3) is 3.16. The van der Waals surface area contributed by atoms with Crippen molar-refractivity contribution in [2.45, 2.75) is 133 Å². The van der Waals surface area contributed by atoms with Gasteiger partial charge in [0.05, 0.1) is 0 Å². The Morgan fingerprint density at radius 2 is 1.47 bits per heavy atom.